The van der Waals surface area contributed by atoms with Crippen molar-refractivity contribution < 1.29 is 4.74 Å². The Labute approximate surface area is 120 Å². The first kappa shape index (κ1) is 14.8. The molecule has 0 aromatic carbocycles. The molecule has 0 atom stereocenters. The normalized spacial score (nSPS) is 18.1. The summed E-state index contributed by atoms with van der Waals surface area (Å²) in [5.74, 6) is 0. The van der Waals surface area contributed by atoms with Crippen LogP contribution in [0, 0.1) is 0 Å². The number of nitrogens with zero attached hydrogens (tertiary/aromatic N) is 2. The molecule has 0 aliphatic heterocycles. The van der Waals surface area contributed by atoms with Gasteiger partial charge in [-0.1, -0.05) is 31.4 Å². The summed E-state index contributed by atoms with van der Waals surface area (Å²) in [5, 5.41) is 5.24. The number of aromatic nitrogens is 2. The standard InChI is InChI=1S/C14H24ClN3O/c1-3-11-13(15)12(18(4-2)17-11)9-19-10-14(16)7-5-6-8-14/h3-10,16H2,1-2H3. The fourth-order valence-corrected chi connectivity index (χ4v) is 3.05. The molecule has 0 saturated heterocycles. The average Bonchev–Trinajstić information content (AvgIpc) is 2.95. The zero-order valence-corrected chi connectivity index (χ0v) is 12.7. The van der Waals surface area contributed by atoms with E-state index < -0.39 is 0 Å². The smallest absolute Gasteiger partial charge is 0.0900 e. The Morgan fingerprint density at radius 1 is 1.37 bits per heavy atom. The van der Waals surface area contributed by atoms with Gasteiger partial charge in [0.2, 0.25) is 0 Å². The van der Waals surface area contributed by atoms with E-state index >= 15 is 0 Å². The van der Waals surface area contributed by atoms with Crippen molar-refractivity contribution in [2.45, 2.75) is 64.6 Å². The van der Waals surface area contributed by atoms with E-state index in [1.54, 1.807) is 0 Å². The first-order valence-corrected chi connectivity index (χ1v) is 7.58. The molecule has 19 heavy (non-hydrogen) atoms. The Hall–Kier alpha value is -0.580. The van der Waals surface area contributed by atoms with Crippen LogP contribution in [0.5, 0.6) is 0 Å². The van der Waals surface area contributed by atoms with Crippen LogP contribution in [0.4, 0.5) is 0 Å². The fourth-order valence-electron chi connectivity index (χ4n) is 2.73. The third-order valence-electron chi connectivity index (χ3n) is 3.92. The highest BCUT2D eigenvalue weighted by Crippen LogP contribution is 2.28. The third-order valence-corrected chi connectivity index (χ3v) is 4.36. The van der Waals surface area contributed by atoms with Crippen LogP contribution in [0.2, 0.25) is 5.02 Å². The van der Waals surface area contributed by atoms with E-state index in [0.29, 0.717) is 13.2 Å². The monoisotopic (exact) mass is 285 g/mol. The predicted octanol–water partition coefficient (Wildman–Crippen LogP) is 2.91. The maximum Gasteiger partial charge on any atom is 0.0900 e. The Morgan fingerprint density at radius 2 is 2.05 bits per heavy atom. The Bertz CT molecular complexity index is 425. The molecule has 5 heteroatoms. The molecular formula is C14H24ClN3O. The second-order valence-electron chi connectivity index (χ2n) is 5.44. The van der Waals surface area contributed by atoms with Gasteiger partial charge < -0.3 is 10.5 Å². The summed E-state index contributed by atoms with van der Waals surface area (Å²) in [4.78, 5) is 0. The summed E-state index contributed by atoms with van der Waals surface area (Å²) in [6.07, 6.45) is 5.41. The molecule has 1 aromatic rings. The molecule has 1 heterocycles. The van der Waals surface area contributed by atoms with Crippen LogP contribution in [-0.2, 0) is 24.3 Å². The topological polar surface area (TPSA) is 53.1 Å². The van der Waals surface area contributed by atoms with Gasteiger partial charge >= 0.3 is 0 Å². The van der Waals surface area contributed by atoms with Crippen LogP contribution >= 0.6 is 11.6 Å². The van der Waals surface area contributed by atoms with Gasteiger partial charge in [-0.15, -0.1) is 0 Å². The summed E-state index contributed by atoms with van der Waals surface area (Å²) in [5.41, 5.74) is 8.08. The summed E-state index contributed by atoms with van der Waals surface area (Å²) in [6, 6.07) is 0. The molecule has 0 radical (unpaired) electrons. The molecule has 1 fully saturated rings. The van der Waals surface area contributed by atoms with Crippen molar-refractivity contribution >= 4 is 11.6 Å². The van der Waals surface area contributed by atoms with Crippen molar-refractivity contribution in [3.63, 3.8) is 0 Å². The highest BCUT2D eigenvalue weighted by molar-refractivity contribution is 6.31. The van der Waals surface area contributed by atoms with E-state index in [9.17, 15) is 0 Å². The third kappa shape index (κ3) is 3.30. The number of halogens is 1. The number of rotatable bonds is 6. The van der Waals surface area contributed by atoms with Crippen LogP contribution in [0.15, 0.2) is 0 Å². The minimum atomic E-state index is -0.128. The largest absolute Gasteiger partial charge is 0.373 e. The molecule has 0 unspecified atom stereocenters. The second kappa shape index (κ2) is 6.25. The van der Waals surface area contributed by atoms with Gasteiger partial charge in [0.15, 0.2) is 0 Å². The maximum atomic E-state index is 6.34. The molecule has 1 saturated carbocycles. The Kier molecular flexibility index (Phi) is 4.87. The van der Waals surface area contributed by atoms with E-state index in [1.807, 2.05) is 4.68 Å². The highest BCUT2D eigenvalue weighted by atomic mass is 35.5. The molecule has 0 bridgehead atoms. The fraction of sp³-hybridized carbons (Fsp3) is 0.786. The lowest BCUT2D eigenvalue weighted by molar-refractivity contribution is 0.0709. The SMILES string of the molecule is CCc1nn(CC)c(COCC2(N)CCCC2)c1Cl. The van der Waals surface area contributed by atoms with Gasteiger partial charge in [-0.05, 0) is 26.2 Å². The predicted molar refractivity (Wildman–Crippen MR) is 77.3 cm³/mol. The van der Waals surface area contributed by atoms with Gasteiger partial charge in [0.25, 0.3) is 0 Å². The molecule has 1 aromatic heterocycles. The average molecular weight is 286 g/mol. The molecule has 0 spiro atoms. The Balaban J connectivity index is 1.97. The number of ether oxygens (including phenoxy) is 1. The van der Waals surface area contributed by atoms with Gasteiger partial charge in [-0.25, -0.2) is 0 Å². The van der Waals surface area contributed by atoms with Crippen molar-refractivity contribution in [1.82, 2.24) is 9.78 Å². The molecule has 4 nitrogen and oxygen atoms in total. The quantitative estimate of drug-likeness (QED) is 0.874. The van der Waals surface area contributed by atoms with Crippen molar-refractivity contribution in [3.05, 3.63) is 16.4 Å². The number of nitrogens with two attached hydrogens (primary N) is 1. The maximum absolute atomic E-state index is 6.34. The first-order chi connectivity index (χ1) is 9.09. The summed E-state index contributed by atoms with van der Waals surface area (Å²) < 4.78 is 7.75. The minimum absolute atomic E-state index is 0.128. The van der Waals surface area contributed by atoms with E-state index in [4.69, 9.17) is 22.1 Å². The van der Waals surface area contributed by atoms with Crippen molar-refractivity contribution in [3.8, 4) is 0 Å². The summed E-state index contributed by atoms with van der Waals surface area (Å²) in [6.45, 7) is 6.05. The highest BCUT2D eigenvalue weighted by Gasteiger charge is 2.29. The van der Waals surface area contributed by atoms with Crippen LogP contribution in [0.3, 0.4) is 0 Å². The first-order valence-electron chi connectivity index (χ1n) is 7.20. The zero-order valence-electron chi connectivity index (χ0n) is 11.9. The van der Waals surface area contributed by atoms with E-state index in [-0.39, 0.29) is 5.54 Å². The summed E-state index contributed by atoms with van der Waals surface area (Å²) >= 11 is 6.34. The van der Waals surface area contributed by atoms with E-state index in [1.165, 1.54) is 12.8 Å². The molecule has 2 N–H and O–H groups in total. The summed E-state index contributed by atoms with van der Waals surface area (Å²) in [7, 11) is 0. The van der Waals surface area contributed by atoms with Gasteiger partial charge in [-0.2, -0.15) is 5.10 Å². The lowest BCUT2D eigenvalue weighted by atomic mass is 10.0. The van der Waals surface area contributed by atoms with Crippen LogP contribution in [0.25, 0.3) is 0 Å². The van der Waals surface area contributed by atoms with Crippen molar-refractivity contribution in [1.29, 1.82) is 0 Å². The van der Waals surface area contributed by atoms with Crippen LogP contribution in [0.1, 0.15) is 50.9 Å². The molecule has 1 aliphatic rings. The van der Waals surface area contributed by atoms with Crippen molar-refractivity contribution in [2.24, 2.45) is 5.73 Å². The number of aryl methyl sites for hydroxylation is 2. The van der Waals surface area contributed by atoms with Crippen LogP contribution < -0.4 is 5.73 Å². The number of hydrogen-bond acceptors (Lipinski definition) is 3. The molecule has 108 valence electrons. The van der Waals surface area contributed by atoms with Gasteiger partial charge in [-0.3, -0.25) is 4.68 Å². The molecule has 1 aliphatic carbocycles. The van der Waals surface area contributed by atoms with E-state index in [2.05, 4.69) is 18.9 Å². The second-order valence-corrected chi connectivity index (χ2v) is 5.82. The molecule has 0 amide bonds. The number of hydrogen-bond donors (Lipinski definition) is 1. The lowest BCUT2D eigenvalue weighted by Crippen LogP contribution is -2.41. The lowest BCUT2D eigenvalue weighted by Gasteiger charge is -2.23. The minimum Gasteiger partial charge on any atom is -0.373 e. The Morgan fingerprint density at radius 3 is 2.63 bits per heavy atom. The van der Waals surface area contributed by atoms with Crippen LogP contribution in [-0.4, -0.2) is 21.9 Å². The van der Waals surface area contributed by atoms with Crippen molar-refractivity contribution in [2.75, 3.05) is 6.61 Å². The molecule has 2 rings (SSSR count). The molecular weight excluding hydrogens is 262 g/mol. The van der Waals surface area contributed by atoms with Gasteiger partial charge in [0, 0.05) is 12.1 Å². The van der Waals surface area contributed by atoms with Gasteiger partial charge in [0.1, 0.15) is 0 Å². The van der Waals surface area contributed by atoms with E-state index in [0.717, 1.165) is 42.2 Å². The zero-order chi connectivity index (χ0) is 13.9. The van der Waals surface area contributed by atoms with Gasteiger partial charge in [0.05, 0.1) is 29.6 Å².